The average Bonchev–Trinajstić information content (AvgIpc) is 2.13. The van der Waals surface area contributed by atoms with Crippen LogP contribution in [0.25, 0.3) is 0 Å². The van der Waals surface area contributed by atoms with Gasteiger partial charge in [0.15, 0.2) is 5.90 Å². The third-order valence-corrected chi connectivity index (χ3v) is 1.13. The number of rotatable bonds is 1. The van der Waals surface area contributed by atoms with Crippen molar-refractivity contribution >= 4 is 5.90 Å². The number of aliphatic hydroxyl groups is 1. The van der Waals surface area contributed by atoms with Crippen LogP contribution in [0.3, 0.4) is 0 Å². The number of nitrogens with zero attached hydrogens (tertiary/aromatic N) is 1. The molecule has 0 unspecified atom stereocenters. The van der Waals surface area contributed by atoms with Crippen molar-refractivity contribution in [3.8, 4) is 0 Å². The first-order chi connectivity index (χ1) is 4.16. The average molecular weight is 131 g/mol. The minimum absolute atomic E-state index is 0.162. The molecule has 0 aromatic carbocycles. The molecule has 0 bridgehead atoms. The molecule has 0 radical (unpaired) electrons. The standard InChI is InChI=1S/C5H9NO3/c1-4-6-3-5(7,8-2)9-4/h7H,3H2,1-2H3/t5-/m0/s1. The van der Waals surface area contributed by atoms with Crippen LogP contribution < -0.4 is 0 Å². The summed E-state index contributed by atoms with van der Waals surface area (Å²) < 4.78 is 9.37. The van der Waals surface area contributed by atoms with Gasteiger partial charge in [-0.25, -0.2) is 4.99 Å². The van der Waals surface area contributed by atoms with Gasteiger partial charge in [-0.3, -0.25) is 0 Å². The second-order valence-electron chi connectivity index (χ2n) is 1.85. The van der Waals surface area contributed by atoms with E-state index < -0.39 is 5.97 Å². The predicted octanol–water partition coefficient (Wildman–Crippen LogP) is -0.272. The van der Waals surface area contributed by atoms with Gasteiger partial charge in [-0.15, -0.1) is 0 Å². The van der Waals surface area contributed by atoms with E-state index in [2.05, 4.69) is 9.73 Å². The lowest BCUT2D eigenvalue weighted by Gasteiger charge is -2.17. The van der Waals surface area contributed by atoms with Gasteiger partial charge in [0.05, 0.1) is 0 Å². The summed E-state index contributed by atoms with van der Waals surface area (Å²) in [4.78, 5) is 3.78. The van der Waals surface area contributed by atoms with E-state index in [1.807, 2.05) is 0 Å². The van der Waals surface area contributed by atoms with Crippen molar-refractivity contribution in [1.82, 2.24) is 0 Å². The summed E-state index contributed by atoms with van der Waals surface area (Å²) in [5.41, 5.74) is 0. The highest BCUT2D eigenvalue weighted by molar-refractivity contribution is 5.74. The van der Waals surface area contributed by atoms with Crippen molar-refractivity contribution in [3.05, 3.63) is 0 Å². The van der Waals surface area contributed by atoms with Gasteiger partial charge in [-0.05, 0) is 0 Å². The molecule has 1 aliphatic heterocycles. The predicted molar refractivity (Wildman–Crippen MR) is 31.0 cm³/mol. The van der Waals surface area contributed by atoms with E-state index in [-0.39, 0.29) is 6.54 Å². The molecule has 1 heterocycles. The Labute approximate surface area is 53.1 Å². The second-order valence-corrected chi connectivity index (χ2v) is 1.85. The van der Waals surface area contributed by atoms with Crippen molar-refractivity contribution < 1.29 is 14.6 Å². The van der Waals surface area contributed by atoms with E-state index in [1.54, 1.807) is 6.92 Å². The molecule has 0 saturated carbocycles. The molecular formula is C5H9NO3. The molecule has 52 valence electrons. The first kappa shape index (κ1) is 6.51. The zero-order chi connectivity index (χ0) is 6.91. The van der Waals surface area contributed by atoms with Gasteiger partial charge in [0.1, 0.15) is 6.54 Å². The normalized spacial score (nSPS) is 33.9. The number of hydrogen-bond donors (Lipinski definition) is 1. The molecule has 0 aromatic heterocycles. The lowest BCUT2D eigenvalue weighted by molar-refractivity contribution is -0.297. The third-order valence-electron chi connectivity index (χ3n) is 1.13. The number of aliphatic imine (C=N–C) groups is 1. The molecule has 4 heteroatoms. The van der Waals surface area contributed by atoms with E-state index in [9.17, 15) is 0 Å². The third kappa shape index (κ3) is 1.20. The maximum Gasteiger partial charge on any atom is 0.346 e. The Morgan fingerprint density at radius 2 is 2.56 bits per heavy atom. The molecule has 4 nitrogen and oxygen atoms in total. The lowest BCUT2D eigenvalue weighted by atomic mass is 10.6. The topological polar surface area (TPSA) is 51.0 Å². The SMILES string of the molecule is CO[C@@]1(O)CN=C(C)O1. The summed E-state index contributed by atoms with van der Waals surface area (Å²) in [7, 11) is 1.37. The van der Waals surface area contributed by atoms with Crippen molar-refractivity contribution in [2.75, 3.05) is 13.7 Å². The van der Waals surface area contributed by atoms with Gasteiger partial charge >= 0.3 is 5.97 Å². The largest absolute Gasteiger partial charge is 0.425 e. The van der Waals surface area contributed by atoms with Crippen LogP contribution in [0.1, 0.15) is 6.92 Å². The van der Waals surface area contributed by atoms with Crippen molar-refractivity contribution in [2.24, 2.45) is 4.99 Å². The Hall–Kier alpha value is -0.610. The van der Waals surface area contributed by atoms with Crippen LogP contribution in [0, 0.1) is 0 Å². The van der Waals surface area contributed by atoms with Crippen LogP contribution in [0.2, 0.25) is 0 Å². The molecule has 0 amide bonds. The second kappa shape index (κ2) is 1.97. The quantitative estimate of drug-likeness (QED) is 0.498. The van der Waals surface area contributed by atoms with Gasteiger partial charge in [-0.1, -0.05) is 0 Å². The number of hydrogen-bond acceptors (Lipinski definition) is 4. The van der Waals surface area contributed by atoms with E-state index >= 15 is 0 Å². The molecule has 1 N–H and O–H groups in total. The first-order valence-electron chi connectivity index (χ1n) is 2.64. The van der Waals surface area contributed by atoms with E-state index in [0.717, 1.165) is 0 Å². The Morgan fingerprint density at radius 1 is 1.89 bits per heavy atom. The van der Waals surface area contributed by atoms with E-state index in [4.69, 9.17) is 9.84 Å². The van der Waals surface area contributed by atoms with Crippen LogP contribution in [0.5, 0.6) is 0 Å². The lowest BCUT2D eigenvalue weighted by Crippen LogP contribution is -2.34. The summed E-state index contributed by atoms with van der Waals surface area (Å²) in [5.74, 6) is -1.04. The summed E-state index contributed by atoms with van der Waals surface area (Å²) >= 11 is 0. The first-order valence-corrected chi connectivity index (χ1v) is 2.64. The monoisotopic (exact) mass is 131 g/mol. The van der Waals surface area contributed by atoms with Crippen LogP contribution in [0.4, 0.5) is 0 Å². The fraction of sp³-hybridized carbons (Fsp3) is 0.800. The highest BCUT2D eigenvalue weighted by Crippen LogP contribution is 2.14. The molecule has 0 spiro atoms. The number of ether oxygens (including phenoxy) is 2. The van der Waals surface area contributed by atoms with Crippen molar-refractivity contribution in [1.29, 1.82) is 0 Å². The highest BCUT2D eigenvalue weighted by Gasteiger charge is 2.33. The maximum absolute atomic E-state index is 9.11. The molecular weight excluding hydrogens is 122 g/mol. The molecule has 0 saturated heterocycles. The molecule has 0 fully saturated rings. The van der Waals surface area contributed by atoms with E-state index in [1.165, 1.54) is 7.11 Å². The number of methoxy groups -OCH3 is 1. The van der Waals surface area contributed by atoms with Crippen LogP contribution in [-0.2, 0) is 9.47 Å². The van der Waals surface area contributed by atoms with Gasteiger partial charge in [0.25, 0.3) is 0 Å². The fourth-order valence-corrected chi connectivity index (χ4v) is 0.613. The molecule has 1 rings (SSSR count). The van der Waals surface area contributed by atoms with Gasteiger partial charge < -0.3 is 14.6 Å². The fourth-order valence-electron chi connectivity index (χ4n) is 0.613. The van der Waals surface area contributed by atoms with E-state index in [0.29, 0.717) is 5.90 Å². The minimum Gasteiger partial charge on any atom is -0.425 e. The molecule has 1 atom stereocenters. The van der Waals surface area contributed by atoms with Crippen molar-refractivity contribution in [3.63, 3.8) is 0 Å². The zero-order valence-corrected chi connectivity index (χ0v) is 5.42. The summed E-state index contributed by atoms with van der Waals surface area (Å²) in [6.07, 6.45) is 0. The maximum atomic E-state index is 9.11. The van der Waals surface area contributed by atoms with Crippen LogP contribution in [0.15, 0.2) is 4.99 Å². The van der Waals surface area contributed by atoms with Gasteiger partial charge in [0, 0.05) is 14.0 Å². The molecule has 9 heavy (non-hydrogen) atoms. The Balaban J connectivity index is 2.53. The minimum atomic E-state index is -1.50. The summed E-state index contributed by atoms with van der Waals surface area (Å²) in [6, 6.07) is 0. The van der Waals surface area contributed by atoms with Crippen molar-refractivity contribution in [2.45, 2.75) is 12.9 Å². The summed E-state index contributed by atoms with van der Waals surface area (Å²) in [5, 5.41) is 9.11. The van der Waals surface area contributed by atoms with Gasteiger partial charge in [0.2, 0.25) is 0 Å². The smallest absolute Gasteiger partial charge is 0.346 e. The Kier molecular flexibility index (Phi) is 1.42. The zero-order valence-electron chi connectivity index (χ0n) is 5.42. The summed E-state index contributed by atoms with van der Waals surface area (Å²) in [6.45, 7) is 1.83. The van der Waals surface area contributed by atoms with Crippen LogP contribution >= 0.6 is 0 Å². The Bertz CT molecular complexity index is 145. The highest BCUT2D eigenvalue weighted by atomic mass is 16.8. The molecule has 0 aliphatic carbocycles. The molecule has 0 aromatic rings. The van der Waals surface area contributed by atoms with Gasteiger partial charge in [-0.2, -0.15) is 0 Å². The Morgan fingerprint density at radius 3 is 2.78 bits per heavy atom. The van der Waals surface area contributed by atoms with Crippen LogP contribution in [-0.4, -0.2) is 30.6 Å². The molecule has 1 aliphatic rings.